The van der Waals surface area contributed by atoms with Gasteiger partial charge in [0.25, 0.3) is 11.8 Å². The molecule has 0 spiro atoms. The van der Waals surface area contributed by atoms with Crippen molar-refractivity contribution in [3.05, 3.63) is 69.8 Å². The second-order valence-corrected chi connectivity index (χ2v) is 11.8. The van der Waals surface area contributed by atoms with Crippen LogP contribution in [0.4, 0.5) is 0 Å². The first kappa shape index (κ1) is 37.9. The minimum atomic E-state index is -1.15. The van der Waals surface area contributed by atoms with Gasteiger partial charge in [0.15, 0.2) is 5.78 Å². The number of Topliss-reactive ketones (excluding diaryl/α,β-unsaturated/α-hetero) is 1. The number of rotatable bonds is 12. The van der Waals surface area contributed by atoms with Crippen molar-refractivity contribution in [2.45, 2.75) is 53.1 Å². The average Bonchev–Trinajstić information content (AvgIpc) is 3.38. The van der Waals surface area contributed by atoms with Crippen LogP contribution in [0, 0.1) is 11.8 Å². The van der Waals surface area contributed by atoms with Gasteiger partial charge in [-0.2, -0.15) is 0 Å². The van der Waals surface area contributed by atoms with Crippen LogP contribution in [0.2, 0.25) is 0 Å². The summed E-state index contributed by atoms with van der Waals surface area (Å²) >= 11 is 0. The smallest absolute Gasteiger partial charge is 0.346 e. The molecule has 0 aromatic heterocycles. The van der Waals surface area contributed by atoms with Gasteiger partial charge in [0.2, 0.25) is 0 Å². The topological polar surface area (TPSA) is 206 Å². The fourth-order valence-corrected chi connectivity index (χ4v) is 4.19. The summed E-state index contributed by atoms with van der Waals surface area (Å²) in [4.78, 5) is 69.8. The zero-order valence-electron chi connectivity index (χ0n) is 27.0. The van der Waals surface area contributed by atoms with Crippen molar-refractivity contribution in [1.29, 1.82) is 0 Å². The fourth-order valence-electron chi connectivity index (χ4n) is 4.19. The lowest BCUT2D eigenvalue weighted by molar-refractivity contribution is 0.0442. The van der Waals surface area contributed by atoms with Gasteiger partial charge in [-0.1, -0.05) is 26.8 Å². The predicted molar refractivity (Wildman–Crippen MR) is 168 cm³/mol. The minimum Gasteiger partial charge on any atom is -0.478 e. The number of imide groups is 1. The van der Waals surface area contributed by atoms with Crippen molar-refractivity contribution in [3.8, 4) is 0 Å². The number of amides is 2. The number of nitrogens with two attached hydrogens (primary N) is 2. The standard InChI is InChI=1S/C18H23NO4.C9H4O5.C6H16N2O/c1-11(2)9-23-10-12(3)7-16(20)13-5-6-14-15(8-13)18(22)19(4)17(14)21;10-7(11)4-1-2-5-6(3-4)9(13)14-8(5)12;1-5(7)3-9-4-6(2)8/h5-6,8,11-12H,7,9-10H2,1-4H3;1-3H,(H,10,11);5-6H,3-4,7-8H2,1-2H3. The Morgan fingerprint density at radius 2 is 1.24 bits per heavy atom. The molecule has 0 fully saturated rings. The third-order valence-corrected chi connectivity index (χ3v) is 6.45. The van der Waals surface area contributed by atoms with E-state index in [4.69, 9.17) is 26.0 Å². The summed E-state index contributed by atoms with van der Waals surface area (Å²) in [5.74, 6) is -2.82. The molecule has 0 radical (unpaired) electrons. The molecule has 0 saturated carbocycles. The highest BCUT2D eigenvalue weighted by Crippen LogP contribution is 2.24. The molecule has 46 heavy (non-hydrogen) atoms. The second-order valence-electron chi connectivity index (χ2n) is 11.8. The molecule has 2 aliphatic heterocycles. The first-order valence-corrected chi connectivity index (χ1v) is 14.8. The molecular formula is C33H43N3O10. The number of benzene rings is 2. The summed E-state index contributed by atoms with van der Waals surface area (Å²) in [6, 6.07) is 8.59. The molecule has 250 valence electrons. The van der Waals surface area contributed by atoms with Crippen LogP contribution in [0.3, 0.4) is 0 Å². The maximum atomic E-state index is 12.4. The number of nitrogens with zero attached hydrogens (tertiary/aromatic N) is 1. The van der Waals surface area contributed by atoms with E-state index in [-0.39, 0.29) is 52.3 Å². The van der Waals surface area contributed by atoms with Crippen LogP contribution in [-0.4, -0.2) is 91.1 Å². The highest BCUT2D eigenvalue weighted by molar-refractivity contribution is 6.22. The molecule has 2 heterocycles. The van der Waals surface area contributed by atoms with Crippen molar-refractivity contribution >= 4 is 35.5 Å². The summed E-state index contributed by atoms with van der Waals surface area (Å²) in [5, 5.41) is 8.63. The third-order valence-electron chi connectivity index (χ3n) is 6.45. The summed E-state index contributed by atoms with van der Waals surface area (Å²) < 4.78 is 15.0. The van der Waals surface area contributed by atoms with Gasteiger partial charge in [-0.05, 0) is 56.0 Å². The van der Waals surface area contributed by atoms with Gasteiger partial charge >= 0.3 is 17.9 Å². The maximum absolute atomic E-state index is 12.4. The van der Waals surface area contributed by atoms with Gasteiger partial charge in [-0.15, -0.1) is 0 Å². The number of ether oxygens (including phenoxy) is 3. The summed E-state index contributed by atoms with van der Waals surface area (Å²) in [6.07, 6.45) is 0.356. The van der Waals surface area contributed by atoms with Crippen LogP contribution in [0.15, 0.2) is 36.4 Å². The van der Waals surface area contributed by atoms with Gasteiger partial charge in [-0.25, -0.2) is 14.4 Å². The second kappa shape index (κ2) is 17.4. The van der Waals surface area contributed by atoms with Crippen LogP contribution in [-0.2, 0) is 14.2 Å². The number of fused-ring (bicyclic) bond motifs is 2. The lowest BCUT2D eigenvalue weighted by Crippen LogP contribution is -2.27. The molecule has 2 amide bonds. The Hall–Kier alpha value is -4.30. The monoisotopic (exact) mass is 641 g/mol. The minimum absolute atomic E-state index is 0.00917. The van der Waals surface area contributed by atoms with Gasteiger partial charge < -0.3 is 30.8 Å². The average molecular weight is 642 g/mol. The lowest BCUT2D eigenvalue weighted by atomic mass is 9.97. The molecule has 0 saturated heterocycles. The molecule has 4 rings (SSSR count). The van der Waals surface area contributed by atoms with E-state index in [2.05, 4.69) is 18.6 Å². The Morgan fingerprint density at radius 1 is 0.739 bits per heavy atom. The third kappa shape index (κ3) is 10.9. The normalized spacial score (nSPS) is 15.2. The number of esters is 2. The van der Waals surface area contributed by atoms with Crippen LogP contribution in [0.25, 0.3) is 0 Å². The molecule has 0 bridgehead atoms. The van der Waals surface area contributed by atoms with E-state index in [0.717, 1.165) is 11.0 Å². The van der Waals surface area contributed by atoms with Crippen LogP contribution >= 0.6 is 0 Å². The number of carboxylic acids is 1. The number of carboxylic acid groups (broad SMARTS) is 1. The van der Waals surface area contributed by atoms with E-state index in [0.29, 0.717) is 55.5 Å². The number of aromatic carboxylic acids is 1. The summed E-state index contributed by atoms with van der Waals surface area (Å²) in [7, 11) is 1.44. The Bertz CT molecular complexity index is 1440. The SMILES string of the molecule is CC(C)COCC(C)CC(=O)c1ccc2c(c1)C(=O)N(C)C2=O.CC(N)COCC(C)N.O=C(O)c1ccc2c(c1)C(=O)OC2=O. The summed E-state index contributed by atoms with van der Waals surface area (Å²) in [6.45, 7) is 12.3. The van der Waals surface area contributed by atoms with Crippen molar-refractivity contribution < 1.29 is 48.1 Å². The van der Waals surface area contributed by atoms with Gasteiger partial charge in [0, 0.05) is 44.3 Å². The number of ketones is 1. The number of cyclic esters (lactones) is 2. The Balaban J connectivity index is 0.000000271. The van der Waals surface area contributed by atoms with Crippen LogP contribution in [0.1, 0.15) is 103 Å². The first-order valence-electron chi connectivity index (χ1n) is 14.8. The van der Waals surface area contributed by atoms with Crippen molar-refractivity contribution in [3.63, 3.8) is 0 Å². The van der Waals surface area contributed by atoms with Crippen molar-refractivity contribution in [1.82, 2.24) is 4.90 Å². The van der Waals surface area contributed by atoms with Crippen LogP contribution in [0.5, 0.6) is 0 Å². The van der Waals surface area contributed by atoms with E-state index in [1.54, 1.807) is 12.1 Å². The van der Waals surface area contributed by atoms with Crippen LogP contribution < -0.4 is 11.5 Å². The molecule has 3 atom stereocenters. The molecule has 2 aliphatic rings. The molecule has 13 nitrogen and oxygen atoms in total. The number of hydrogen-bond acceptors (Lipinski definition) is 11. The lowest BCUT2D eigenvalue weighted by Gasteiger charge is -2.13. The van der Waals surface area contributed by atoms with E-state index in [1.165, 1.54) is 25.2 Å². The predicted octanol–water partition coefficient (Wildman–Crippen LogP) is 3.19. The maximum Gasteiger partial charge on any atom is 0.346 e. The Morgan fingerprint density at radius 3 is 1.80 bits per heavy atom. The van der Waals surface area contributed by atoms with Gasteiger partial charge in [0.05, 0.1) is 41.0 Å². The quantitative estimate of drug-likeness (QED) is 0.132. The van der Waals surface area contributed by atoms with Gasteiger partial charge in [-0.3, -0.25) is 19.3 Å². The molecule has 5 N–H and O–H groups in total. The molecule has 3 unspecified atom stereocenters. The fraction of sp³-hybridized carbons (Fsp3) is 0.455. The number of carbonyl (C=O) groups is 6. The van der Waals surface area contributed by atoms with Crippen molar-refractivity contribution in [2.24, 2.45) is 23.3 Å². The highest BCUT2D eigenvalue weighted by atomic mass is 16.6. The van der Waals surface area contributed by atoms with Gasteiger partial charge in [0.1, 0.15) is 0 Å². The number of hydrogen-bond donors (Lipinski definition) is 3. The first-order chi connectivity index (χ1) is 21.5. The zero-order chi connectivity index (χ0) is 34.7. The Kier molecular flexibility index (Phi) is 14.3. The van der Waals surface area contributed by atoms with E-state index in [1.807, 2.05) is 20.8 Å². The summed E-state index contributed by atoms with van der Waals surface area (Å²) in [5.41, 5.74) is 12.0. The molecule has 13 heteroatoms. The Labute approximate surface area is 268 Å². The molecule has 0 aliphatic carbocycles. The van der Waals surface area contributed by atoms with E-state index in [9.17, 15) is 28.8 Å². The van der Waals surface area contributed by atoms with Crippen molar-refractivity contribution in [2.75, 3.05) is 33.5 Å². The molecular weight excluding hydrogens is 598 g/mol. The number of carbonyl (C=O) groups excluding carboxylic acids is 5. The highest BCUT2D eigenvalue weighted by Gasteiger charge is 2.33. The van der Waals surface area contributed by atoms with E-state index >= 15 is 0 Å². The zero-order valence-corrected chi connectivity index (χ0v) is 27.0. The largest absolute Gasteiger partial charge is 0.478 e. The van der Waals surface area contributed by atoms with E-state index < -0.39 is 17.9 Å². The molecule has 2 aromatic carbocycles. The molecule has 2 aromatic rings.